The van der Waals surface area contributed by atoms with Crippen LogP contribution in [0.3, 0.4) is 0 Å². The van der Waals surface area contributed by atoms with E-state index in [1.54, 1.807) is 6.92 Å². The van der Waals surface area contributed by atoms with Gasteiger partial charge < -0.3 is 10.9 Å². The fraction of sp³-hybridized carbons (Fsp3) is 0.857. The summed E-state index contributed by atoms with van der Waals surface area (Å²) in [5.41, 5.74) is 0. The van der Waals surface area contributed by atoms with Crippen molar-refractivity contribution >= 4 is 16.1 Å². The van der Waals surface area contributed by atoms with Crippen molar-refractivity contribution in [1.29, 1.82) is 0 Å². The molecule has 0 bridgehead atoms. The minimum absolute atomic E-state index is 0. The third-order valence-corrected chi connectivity index (χ3v) is 3.55. The molecule has 0 rings (SSSR count). The summed E-state index contributed by atoms with van der Waals surface area (Å²) in [6, 6.07) is 0. The number of likely N-dealkylation sites (N-methyl/N-ethyl adjacent to an activating group) is 1. The standard InChI is InChI=1S/C7H15NO5S.H3N/c1-5-13-6(9)7(2,8(3)4)14(10,11)12;/h5H2,1-4H3,(H,10,11,12);1H3. The normalized spacial score (nSPS) is 15.3. The van der Waals surface area contributed by atoms with Crippen LogP contribution >= 0.6 is 0 Å². The molecule has 15 heavy (non-hydrogen) atoms. The van der Waals surface area contributed by atoms with Gasteiger partial charge in [-0.1, -0.05) is 0 Å². The molecule has 0 radical (unpaired) electrons. The second-order valence-corrected chi connectivity index (χ2v) is 4.82. The predicted octanol–water partition coefficient (Wildman–Crippen LogP) is -0.123. The first-order valence-electron chi connectivity index (χ1n) is 3.99. The molecule has 0 aromatic rings. The number of rotatable bonds is 4. The molecule has 0 fully saturated rings. The largest absolute Gasteiger partial charge is 0.464 e. The van der Waals surface area contributed by atoms with Crippen LogP contribution < -0.4 is 6.15 Å². The number of ether oxygens (including phenoxy) is 1. The summed E-state index contributed by atoms with van der Waals surface area (Å²) in [6.45, 7) is 2.69. The molecule has 1 atom stereocenters. The second-order valence-electron chi connectivity index (χ2n) is 3.07. The van der Waals surface area contributed by atoms with Gasteiger partial charge in [0.05, 0.1) is 6.61 Å². The fourth-order valence-corrected chi connectivity index (χ4v) is 1.51. The number of hydrogen-bond donors (Lipinski definition) is 2. The van der Waals surface area contributed by atoms with E-state index >= 15 is 0 Å². The van der Waals surface area contributed by atoms with Crippen molar-refractivity contribution in [3.05, 3.63) is 0 Å². The Hall–Kier alpha value is -0.700. The number of hydrogen-bond acceptors (Lipinski definition) is 6. The highest BCUT2D eigenvalue weighted by Crippen LogP contribution is 2.20. The monoisotopic (exact) mass is 242 g/mol. The van der Waals surface area contributed by atoms with E-state index in [9.17, 15) is 13.2 Å². The Kier molecular flexibility index (Phi) is 6.02. The van der Waals surface area contributed by atoms with Gasteiger partial charge in [-0.3, -0.25) is 9.45 Å². The van der Waals surface area contributed by atoms with Gasteiger partial charge in [0.2, 0.25) is 4.87 Å². The lowest BCUT2D eigenvalue weighted by Crippen LogP contribution is -2.55. The maximum Gasteiger partial charge on any atom is 0.344 e. The van der Waals surface area contributed by atoms with Crippen molar-refractivity contribution < 1.29 is 22.5 Å². The van der Waals surface area contributed by atoms with E-state index < -0.39 is 21.0 Å². The van der Waals surface area contributed by atoms with Gasteiger partial charge in [0.25, 0.3) is 10.1 Å². The summed E-state index contributed by atoms with van der Waals surface area (Å²) in [7, 11) is -1.80. The van der Waals surface area contributed by atoms with Crippen molar-refractivity contribution in [2.45, 2.75) is 18.7 Å². The summed E-state index contributed by atoms with van der Waals surface area (Å²) in [5, 5.41) is 0. The van der Waals surface area contributed by atoms with E-state index in [2.05, 4.69) is 4.74 Å². The number of carbonyl (C=O) groups is 1. The number of nitrogens with zero attached hydrogens (tertiary/aromatic N) is 1. The maximum atomic E-state index is 11.4. The van der Waals surface area contributed by atoms with Crippen LogP contribution in [0.2, 0.25) is 0 Å². The zero-order valence-electron chi connectivity index (χ0n) is 9.35. The third-order valence-electron chi connectivity index (χ3n) is 2.01. The first-order chi connectivity index (χ1) is 6.17. The molecule has 0 heterocycles. The van der Waals surface area contributed by atoms with Crippen molar-refractivity contribution in [2.75, 3.05) is 20.7 Å². The highest BCUT2D eigenvalue weighted by atomic mass is 32.2. The molecule has 92 valence electrons. The second kappa shape index (κ2) is 5.40. The topological polar surface area (TPSA) is 119 Å². The molecular formula is C7H18N2O5S. The Balaban J connectivity index is 0. The van der Waals surface area contributed by atoms with Gasteiger partial charge in [0.1, 0.15) is 0 Å². The van der Waals surface area contributed by atoms with E-state index in [0.29, 0.717) is 0 Å². The van der Waals surface area contributed by atoms with Crippen LogP contribution in [0.1, 0.15) is 13.8 Å². The minimum atomic E-state index is -4.53. The van der Waals surface area contributed by atoms with Gasteiger partial charge in [-0.2, -0.15) is 8.42 Å². The summed E-state index contributed by atoms with van der Waals surface area (Å²) in [6.07, 6.45) is 0. The van der Waals surface area contributed by atoms with Crippen LogP contribution in [0.15, 0.2) is 0 Å². The maximum absolute atomic E-state index is 11.4. The highest BCUT2D eigenvalue weighted by molar-refractivity contribution is 7.88. The smallest absolute Gasteiger partial charge is 0.344 e. The van der Waals surface area contributed by atoms with Gasteiger partial charge in [-0.25, -0.2) is 4.79 Å². The molecule has 0 aromatic heterocycles. The lowest BCUT2D eigenvalue weighted by molar-refractivity contribution is -0.150. The van der Waals surface area contributed by atoms with Crippen molar-refractivity contribution in [1.82, 2.24) is 11.1 Å². The van der Waals surface area contributed by atoms with Gasteiger partial charge in [0.15, 0.2) is 0 Å². The molecule has 8 heteroatoms. The zero-order valence-corrected chi connectivity index (χ0v) is 10.2. The summed E-state index contributed by atoms with van der Waals surface area (Å²) in [5.74, 6) is -0.993. The molecule has 0 amide bonds. The molecule has 0 saturated carbocycles. The Bertz CT molecular complexity index is 313. The first kappa shape index (κ1) is 16.7. The van der Waals surface area contributed by atoms with Crippen LogP contribution in [-0.2, 0) is 19.6 Å². The number of carbonyl (C=O) groups excluding carboxylic acids is 1. The van der Waals surface area contributed by atoms with E-state index in [0.717, 1.165) is 11.8 Å². The van der Waals surface area contributed by atoms with Crippen molar-refractivity contribution in [3.8, 4) is 0 Å². The molecule has 7 nitrogen and oxygen atoms in total. The molecule has 0 saturated heterocycles. The van der Waals surface area contributed by atoms with E-state index in [1.165, 1.54) is 14.1 Å². The SMILES string of the molecule is CCOC(=O)C(C)(N(C)C)S(=O)(=O)O.N. The Labute approximate surface area is 89.7 Å². The molecule has 0 aromatic carbocycles. The Morgan fingerprint density at radius 2 is 1.87 bits per heavy atom. The van der Waals surface area contributed by atoms with E-state index in [1.807, 2.05) is 0 Å². The van der Waals surface area contributed by atoms with Gasteiger partial charge in [-0.15, -0.1) is 0 Å². The van der Waals surface area contributed by atoms with E-state index in [4.69, 9.17) is 4.55 Å². The van der Waals surface area contributed by atoms with Crippen molar-refractivity contribution in [2.24, 2.45) is 0 Å². The quantitative estimate of drug-likeness (QED) is 0.520. The lowest BCUT2D eigenvalue weighted by Gasteiger charge is -2.30. The highest BCUT2D eigenvalue weighted by Gasteiger charge is 2.49. The summed E-state index contributed by atoms with van der Waals surface area (Å²) < 4.78 is 35.6. The molecule has 0 aliphatic carbocycles. The summed E-state index contributed by atoms with van der Waals surface area (Å²) in [4.78, 5) is 10.4. The fourth-order valence-electron chi connectivity index (χ4n) is 0.784. The molecule has 0 spiro atoms. The first-order valence-corrected chi connectivity index (χ1v) is 5.43. The Morgan fingerprint density at radius 3 is 2.07 bits per heavy atom. The Morgan fingerprint density at radius 1 is 1.47 bits per heavy atom. The molecular weight excluding hydrogens is 224 g/mol. The molecule has 4 N–H and O–H groups in total. The lowest BCUT2D eigenvalue weighted by atomic mass is 10.3. The third kappa shape index (κ3) is 3.13. The van der Waals surface area contributed by atoms with Crippen LogP contribution in [-0.4, -0.2) is 49.4 Å². The van der Waals surface area contributed by atoms with Crippen LogP contribution in [0.5, 0.6) is 0 Å². The van der Waals surface area contributed by atoms with Gasteiger partial charge >= 0.3 is 5.97 Å². The van der Waals surface area contributed by atoms with Crippen LogP contribution in [0, 0.1) is 0 Å². The minimum Gasteiger partial charge on any atom is -0.464 e. The molecule has 0 aliphatic heterocycles. The molecule has 0 aliphatic rings. The zero-order chi connectivity index (χ0) is 11.6. The predicted molar refractivity (Wildman–Crippen MR) is 55.3 cm³/mol. The van der Waals surface area contributed by atoms with Crippen LogP contribution in [0.4, 0.5) is 0 Å². The van der Waals surface area contributed by atoms with Gasteiger partial charge in [-0.05, 0) is 27.9 Å². The molecule has 1 unspecified atom stereocenters. The van der Waals surface area contributed by atoms with Crippen molar-refractivity contribution in [3.63, 3.8) is 0 Å². The average Bonchev–Trinajstić information content (AvgIpc) is 2.00. The van der Waals surface area contributed by atoms with Crippen LogP contribution in [0.25, 0.3) is 0 Å². The van der Waals surface area contributed by atoms with Gasteiger partial charge in [0, 0.05) is 0 Å². The van der Waals surface area contributed by atoms with E-state index in [-0.39, 0.29) is 12.8 Å². The number of esters is 1. The summed E-state index contributed by atoms with van der Waals surface area (Å²) >= 11 is 0. The average molecular weight is 242 g/mol.